The number of anilines is 1. The third kappa shape index (κ3) is 6.01. The lowest BCUT2D eigenvalue weighted by molar-refractivity contribution is -0.120. The highest BCUT2D eigenvalue weighted by Crippen LogP contribution is 2.27. The van der Waals surface area contributed by atoms with Crippen molar-refractivity contribution < 1.29 is 13.2 Å². The van der Waals surface area contributed by atoms with Crippen LogP contribution in [0.1, 0.15) is 44.9 Å². The third-order valence-electron chi connectivity index (χ3n) is 5.89. The van der Waals surface area contributed by atoms with Crippen LogP contribution in [0.15, 0.2) is 60.3 Å². The average Bonchev–Trinajstić information content (AvgIpc) is 3.28. The Kier molecular flexibility index (Phi) is 7.13. The van der Waals surface area contributed by atoms with Crippen LogP contribution in [-0.4, -0.2) is 51.5 Å². The van der Waals surface area contributed by atoms with Crippen LogP contribution in [-0.2, 0) is 20.2 Å². The SMILES string of the molecule is CC(C)(C)c1cc(NC(=O)C2CCN(S(=O)(=O)/C=C/c3ccccc3)CC2)n(-c2ncccn2)n1. The van der Waals surface area contributed by atoms with Crippen molar-refractivity contribution in [1.29, 1.82) is 0 Å². The summed E-state index contributed by atoms with van der Waals surface area (Å²) in [7, 11) is -3.55. The first-order chi connectivity index (χ1) is 16.6. The maximum atomic E-state index is 13.1. The predicted octanol–water partition coefficient (Wildman–Crippen LogP) is 3.61. The van der Waals surface area contributed by atoms with E-state index in [2.05, 4.69) is 20.4 Å². The van der Waals surface area contributed by atoms with Crippen molar-refractivity contribution in [3.63, 3.8) is 0 Å². The number of hydrogen-bond donors (Lipinski definition) is 1. The molecule has 3 aromatic rings. The Labute approximate surface area is 206 Å². The second-order valence-electron chi connectivity index (χ2n) is 9.55. The lowest BCUT2D eigenvalue weighted by Gasteiger charge is -2.29. The van der Waals surface area contributed by atoms with E-state index in [0.29, 0.717) is 24.6 Å². The number of hydrogen-bond acceptors (Lipinski definition) is 6. The molecule has 10 heteroatoms. The molecule has 0 spiro atoms. The maximum Gasteiger partial charge on any atom is 0.252 e. The summed E-state index contributed by atoms with van der Waals surface area (Å²) in [6.07, 6.45) is 5.70. The van der Waals surface area contributed by atoms with Gasteiger partial charge in [-0.15, -0.1) is 0 Å². The number of rotatable bonds is 6. The quantitative estimate of drug-likeness (QED) is 0.561. The van der Waals surface area contributed by atoms with Crippen LogP contribution < -0.4 is 5.32 Å². The van der Waals surface area contributed by atoms with Crippen LogP contribution in [0.5, 0.6) is 0 Å². The first-order valence-electron chi connectivity index (χ1n) is 11.6. The lowest BCUT2D eigenvalue weighted by atomic mass is 9.92. The Morgan fingerprint density at radius 3 is 2.34 bits per heavy atom. The van der Waals surface area contributed by atoms with Crippen LogP contribution >= 0.6 is 0 Å². The Morgan fingerprint density at radius 1 is 1.06 bits per heavy atom. The first-order valence-corrected chi connectivity index (χ1v) is 13.1. The van der Waals surface area contributed by atoms with Gasteiger partial charge in [0.05, 0.1) is 5.69 Å². The van der Waals surface area contributed by atoms with Crippen molar-refractivity contribution in [1.82, 2.24) is 24.1 Å². The fraction of sp³-hybridized carbons (Fsp3) is 0.360. The molecule has 9 nitrogen and oxygen atoms in total. The topological polar surface area (TPSA) is 110 Å². The first kappa shape index (κ1) is 24.7. The highest BCUT2D eigenvalue weighted by molar-refractivity contribution is 7.92. The van der Waals surface area contributed by atoms with Crippen LogP contribution in [0.4, 0.5) is 5.82 Å². The molecule has 0 atom stereocenters. The Morgan fingerprint density at radius 2 is 1.71 bits per heavy atom. The summed E-state index contributed by atoms with van der Waals surface area (Å²) in [6.45, 7) is 6.69. The summed E-state index contributed by atoms with van der Waals surface area (Å²) in [5.41, 5.74) is 1.39. The van der Waals surface area contributed by atoms with Crippen molar-refractivity contribution in [2.24, 2.45) is 5.92 Å². The molecule has 184 valence electrons. The molecule has 1 aliphatic rings. The summed E-state index contributed by atoms with van der Waals surface area (Å²) in [4.78, 5) is 21.6. The number of aromatic nitrogens is 4. The fourth-order valence-corrected chi connectivity index (χ4v) is 5.03. The summed E-state index contributed by atoms with van der Waals surface area (Å²) < 4.78 is 28.4. The molecule has 0 radical (unpaired) electrons. The Bertz CT molecular complexity index is 1290. The maximum absolute atomic E-state index is 13.1. The molecule has 2 aromatic heterocycles. The molecule has 1 aromatic carbocycles. The Balaban J connectivity index is 1.43. The summed E-state index contributed by atoms with van der Waals surface area (Å²) >= 11 is 0. The number of sulfonamides is 1. The number of nitrogens with zero attached hydrogens (tertiary/aromatic N) is 5. The second kappa shape index (κ2) is 10.1. The van der Waals surface area contributed by atoms with Gasteiger partial charge in [-0.25, -0.2) is 18.4 Å². The van der Waals surface area contributed by atoms with E-state index in [4.69, 9.17) is 0 Å². The highest BCUT2D eigenvalue weighted by atomic mass is 32.2. The van der Waals surface area contributed by atoms with Gasteiger partial charge in [-0.2, -0.15) is 14.1 Å². The zero-order valence-electron chi connectivity index (χ0n) is 20.1. The van der Waals surface area contributed by atoms with E-state index in [0.717, 1.165) is 11.3 Å². The number of benzene rings is 1. The van der Waals surface area contributed by atoms with Crippen molar-refractivity contribution in [2.45, 2.75) is 39.0 Å². The molecule has 4 rings (SSSR count). The number of amides is 1. The van der Waals surface area contributed by atoms with Crippen LogP contribution in [0, 0.1) is 5.92 Å². The monoisotopic (exact) mass is 494 g/mol. The Hall–Kier alpha value is -3.37. The molecular weight excluding hydrogens is 464 g/mol. The minimum Gasteiger partial charge on any atom is -0.310 e. The van der Waals surface area contributed by atoms with Crippen molar-refractivity contribution in [3.8, 4) is 5.95 Å². The molecular formula is C25H30N6O3S. The molecule has 35 heavy (non-hydrogen) atoms. The van der Waals surface area contributed by atoms with E-state index >= 15 is 0 Å². The van der Waals surface area contributed by atoms with Crippen LogP contribution in [0.3, 0.4) is 0 Å². The van der Waals surface area contributed by atoms with E-state index in [1.807, 2.05) is 57.2 Å². The van der Waals surface area contributed by atoms with Gasteiger partial charge < -0.3 is 5.32 Å². The number of piperidine rings is 1. The highest BCUT2D eigenvalue weighted by Gasteiger charge is 2.31. The van der Waals surface area contributed by atoms with E-state index in [1.165, 1.54) is 14.4 Å². The normalized spacial score (nSPS) is 16.0. The molecule has 1 fully saturated rings. The number of nitrogens with one attached hydrogen (secondary N) is 1. The standard InChI is InChI=1S/C25H30N6O3S/c1-25(2,3)21-18-22(31(29-21)24-26-13-7-14-27-24)28-23(32)20-10-15-30(16-11-20)35(33,34)17-12-19-8-5-4-6-9-19/h4-9,12-14,17-18,20H,10-11,15-16H2,1-3H3,(H,28,32)/b17-12+. The van der Waals surface area contributed by atoms with Gasteiger partial charge in [0, 0.05) is 48.3 Å². The van der Waals surface area contributed by atoms with Gasteiger partial charge in [-0.3, -0.25) is 4.79 Å². The van der Waals surface area contributed by atoms with Gasteiger partial charge in [-0.1, -0.05) is 51.1 Å². The minimum absolute atomic E-state index is 0.167. The van der Waals surface area contributed by atoms with Gasteiger partial charge >= 0.3 is 0 Å². The molecule has 3 heterocycles. The predicted molar refractivity (Wildman–Crippen MR) is 135 cm³/mol. The fourth-order valence-electron chi connectivity index (χ4n) is 3.81. The molecule has 0 saturated carbocycles. The van der Waals surface area contributed by atoms with E-state index in [1.54, 1.807) is 24.5 Å². The van der Waals surface area contributed by atoms with Gasteiger partial charge in [0.2, 0.25) is 15.9 Å². The smallest absolute Gasteiger partial charge is 0.252 e. The molecule has 1 aliphatic heterocycles. The van der Waals surface area contributed by atoms with Crippen molar-refractivity contribution in [3.05, 3.63) is 71.5 Å². The van der Waals surface area contributed by atoms with Crippen molar-refractivity contribution >= 4 is 27.8 Å². The van der Waals surface area contributed by atoms with E-state index < -0.39 is 10.0 Å². The minimum atomic E-state index is -3.55. The van der Waals surface area contributed by atoms with Crippen molar-refractivity contribution in [2.75, 3.05) is 18.4 Å². The third-order valence-corrected chi connectivity index (χ3v) is 7.45. The second-order valence-corrected chi connectivity index (χ2v) is 11.4. The molecule has 0 bridgehead atoms. The van der Waals surface area contributed by atoms with Crippen LogP contribution in [0.2, 0.25) is 0 Å². The zero-order chi connectivity index (χ0) is 25.1. The average molecular weight is 495 g/mol. The van der Waals surface area contributed by atoms with Gasteiger partial charge in [0.1, 0.15) is 5.82 Å². The molecule has 1 saturated heterocycles. The molecule has 1 amide bonds. The number of carbonyl (C=O) groups is 1. The van der Waals surface area contributed by atoms with Gasteiger partial charge in [0.15, 0.2) is 0 Å². The van der Waals surface area contributed by atoms with Crippen LogP contribution in [0.25, 0.3) is 12.0 Å². The largest absolute Gasteiger partial charge is 0.310 e. The molecule has 0 aliphatic carbocycles. The number of carbonyl (C=O) groups excluding carboxylic acids is 1. The summed E-state index contributed by atoms with van der Waals surface area (Å²) in [6, 6.07) is 12.8. The molecule has 1 N–H and O–H groups in total. The van der Waals surface area contributed by atoms with Gasteiger partial charge in [-0.05, 0) is 30.5 Å². The van der Waals surface area contributed by atoms with E-state index in [-0.39, 0.29) is 30.3 Å². The molecule has 0 unspecified atom stereocenters. The van der Waals surface area contributed by atoms with E-state index in [9.17, 15) is 13.2 Å². The summed E-state index contributed by atoms with van der Waals surface area (Å²) in [5, 5.41) is 8.82. The zero-order valence-corrected chi connectivity index (χ0v) is 20.9. The van der Waals surface area contributed by atoms with Gasteiger partial charge in [0.25, 0.3) is 5.95 Å². The lowest BCUT2D eigenvalue weighted by Crippen LogP contribution is -2.40. The summed E-state index contributed by atoms with van der Waals surface area (Å²) in [5.74, 6) is 0.383.